The van der Waals surface area contributed by atoms with Crippen molar-refractivity contribution in [3.63, 3.8) is 0 Å². The highest BCUT2D eigenvalue weighted by Crippen LogP contribution is 2.38. The summed E-state index contributed by atoms with van der Waals surface area (Å²) in [6, 6.07) is 7.75. The molecule has 1 aliphatic rings. The van der Waals surface area contributed by atoms with Gasteiger partial charge in [0.15, 0.2) is 0 Å². The van der Waals surface area contributed by atoms with Crippen molar-refractivity contribution >= 4 is 23.3 Å². The number of halogens is 1. The number of carbonyl (C=O) groups is 1. The Hall–Kier alpha value is -1.22. The van der Waals surface area contributed by atoms with Crippen molar-refractivity contribution in [1.82, 2.24) is 0 Å². The molecule has 0 amide bonds. The van der Waals surface area contributed by atoms with Gasteiger partial charge < -0.3 is 10.0 Å². The van der Waals surface area contributed by atoms with Gasteiger partial charge in [-0.25, -0.2) is 0 Å². The lowest BCUT2D eigenvalue weighted by atomic mass is 9.73. The molecule has 0 bridgehead atoms. The van der Waals surface area contributed by atoms with Crippen LogP contribution in [0.3, 0.4) is 0 Å². The largest absolute Gasteiger partial charge is 0.480 e. The van der Waals surface area contributed by atoms with Gasteiger partial charge in [-0.15, -0.1) is 0 Å². The van der Waals surface area contributed by atoms with Crippen LogP contribution in [0.1, 0.15) is 26.7 Å². The maximum absolute atomic E-state index is 11.0. The minimum atomic E-state index is -0.789. The molecule has 0 atom stereocenters. The molecule has 1 aromatic rings. The molecule has 0 aliphatic heterocycles. The van der Waals surface area contributed by atoms with Crippen molar-refractivity contribution in [2.75, 3.05) is 11.4 Å². The van der Waals surface area contributed by atoms with Crippen molar-refractivity contribution < 1.29 is 9.90 Å². The first-order valence-electron chi connectivity index (χ1n) is 6.71. The van der Waals surface area contributed by atoms with Crippen LogP contribution in [-0.4, -0.2) is 23.7 Å². The zero-order chi connectivity index (χ0) is 14.0. The Morgan fingerprint density at radius 3 is 2.42 bits per heavy atom. The molecule has 0 aromatic heterocycles. The third kappa shape index (κ3) is 3.41. The van der Waals surface area contributed by atoms with E-state index in [2.05, 4.69) is 13.8 Å². The molecule has 1 saturated carbocycles. The SMILES string of the molecule is CC(C)C1CC(N(CC(=O)O)c2ccc(Cl)cc2)C1. The zero-order valence-corrected chi connectivity index (χ0v) is 12.1. The summed E-state index contributed by atoms with van der Waals surface area (Å²) in [6.45, 7) is 4.51. The predicted octanol–water partition coefficient (Wildman–Crippen LogP) is 3.67. The molecule has 1 fully saturated rings. The number of nitrogens with zero attached hydrogens (tertiary/aromatic N) is 1. The van der Waals surface area contributed by atoms with Crippen LogP contribution >= 0.6 is 11.6 Å². The molecule has 0 unspecified atom stereocenters. The van der Waals surface area contributed by atoms with Crippen LogP contribution < -0.4 is 4.90 Å². The van der Waals surface area contributed by atoms with Crippen LogP contribution in [0.2, 0.25) is 5.02 Å². The molecule has 2 rings (SSSR count). The van der Waals surface area contributed by atoms with Crippen LogP contribution in [-0.2, 0) is 4.79 Å². The molecular formula is C15H20ClNO2. The first-order chi connectivity index (χ1) is 8.97. The number of hydrogen-bond acceptors (Lipinski definition) is 2. The molecule has 0 saturated heterocycles. The summed E-state index contributed by atoms with van der Waals surface area (Å²) < 4.78 is 0. The average molecular weight is 282 g/mol. The van der Waals surface area contributed by atoms with Crippen molar-refractivity contribution in [3.8, 4) is 0 Å². The molecule has 19 heavy (non-hydrogen) atoms. The number of carboxylic acids is 1. The molecule has 0 radical (unpaired) electrons. The summed E-state index contributed by atoms with van der Waals surface area (Å²) in [5.41, 5.74) is 0.944. The minimum Gasteiger partial charge on any atom is -0.480 e. The lowest BCUT2D eigenvalue weighted by Crippen LogP contribution is -2.48. The van der Waals surface area contributed by atoms with Gasteiger partial charge in [0, 0.05) is 16.8 Å². The highest BCUT2D eigenvalue weighted by molar-refractivity contribution is 6.30. The quantitative estimate of drug-likeness (QED) is 0.895. The zero-order valence-electron chi connectivity index (χ0n) is 11.3. The topological polar surface area (TPSA) is 40.5 Å². The first kappa shape index (κ1) is 14.2. The normalized spacial score (nSPS) is 22.1. The monoisotopic (exact) mass is 281 g/mol. The van der Waals surface area contributed by atoms with Gasteiger partial charge in [-0.1, -0.05) is 25.4 Å². The Balaban J connectivity index is 2.09. The third-order valence-corrected chi connectivity index (χ3v) is 4.25. The van der Waals surface area contributed by atoms with Crippen molar-refractivity contribution in [2.45, 2.75) is 32.7 Å². The van der Waals surface area contributed by atoms with E-state index in [-0.39, 0.29) is 6.54 Å². The summed E-state index contributed by atoms with van der Waals surface area (Å²) in [7, 11) is 0. The fourth-order valence-electron chi connectivity index (χ4n) is 2.64. The van der Waals surface area contributed by atoms with E-state index in [0.29, 0.717) is 22.9 Å². The van der Waals surface area contributed by atoms with Gasteiger partial charge in [-0.2, -0.15) is 0 Å². The van der Waals surface area contributed by atoms with Gasteiger partial charge in [-0.3, -0.25) is 4.79 Å². The van der Waals surface area contributed by atoms with E-state index >= 15 is 0 Å². The summed E-state index contributed by atoms with van der Waals surface area (Å²) in [5.74, 6) is 0.602. The second kappa shape index (κ2) is 5.83. The van der Waals surface area contributed by atoms with E-state index in [1.54, 1.807) is 0 Å². The molecule has 1 aliphatic carbocycles. The highest BCUT2D eigenvalue weighted by atomic mass is 35.5. The molecule has 0 heterocycles. The van der Waals surface area contributed by atoms with Gasteiger partial charge in [0.2, 0.25) is 0 Å². The van der Waals surface area contributed by atoms with Gasteiger partial charge in [0.05, 0.1) is 0 Å². The van der Waals surface area contributed by atoms with Gasteiger partial charge in [-0.05, 0) is 48.9 Å². The van der Waals surface area contributed by atoms with Crippen LogP contribution in [0, 0.1) is 11.8 Å². The fraction of sp³-hybridized carbons (Fsp3) is 0.533. The van der Waals surface area contributed by atoms with Gasteiger partial charge in [0.25, 0.3) is 0 Å². The van der Waals surface area contributed by atoms with Crippen molar-refractivity contribution in [3.05, 3.63) is 29.3 Å². The van der Waals surface area contributed by atoms with Crippen LogP contribution in [0.5, 0.6) is 0 Å². The lowest BCUT2D eigenvalue weighted by molar-refractivity contribution is -0.135. The van der Waals surface area contributed by atoms with E-state index in [4.69, 9.17) is 16.7 Å². The predicted molar refractivity (Wildman–Crippen MR) is 77.8 cm³/mol. The number of carboxylic acid groups (broad SMARTS) is 1. The molecule has 4 heteroatoms. The lowest BCUT2D eigenvalue weighted by Gasteiger charge is -2.45. The molecule has 104 valence electrons. The molecule has 1 aromatic carbocycles. The second-order valence-corrected chi connectivity index (χ2v) is 6.06. The number of rotatable bonds is 5. The Kier molecular flexibility index (Phi) is 4.35. The number of aliphatic carboxylic acids is 1. The van der Waals surface area contributed by atoms with Crippen LogP contribution in [0.4, 0.5) is 5.69 Å². The Bertz CT molecular complexity index is 438. The summed E-state index contributed by atoms with van der Waals surface area (Å²) in [6.07, 6.45) is 2.15. The smallest absolute Gasteiger partial charge is 0.323 e. The minimum absolute atomic E-state index is 0.0527. The van der Waals surface area contributed by atoms with Crippen LogP contribution in [0.25, 0.3) is 0 Å². The molecule has 3 nitrogen and oxygen atoms in total. The maximum atomic E-state index is 11.0. The van der Waals surface area contributed by atoms with Gasteiger partial charge >= 0.3 is 5.97 Å². The summed E-state index contributed by atoms with van der Waals surface area (Å²) >= 11 is 5.88. The van der Waals surface area contributed by atoms with Gasteiger partial charge in [0.1, 0.15) is 6.54 Å². The van der Waals surface area contributed by atoms with E-state index in [0.717, 1.165) is 18.5 Å². The van der Waals surface area contributed by atoms with Crippen molar-refractivity contribution in [1.29, 1.82) is 0 Å². The summed E-state index contributed by atoms with van der Waals surface area (Å²) in [5, 5.41) is 9.75. The molecule has 0 spiro atoms. The Morgan fingerprint density at radius 2 is 1.95 bits per heavy atom. The van der Waals surface area contributed by atoms with E-state index in [9.17, 15) is 4.79 Å². The van der Waals surface area contributed by atoms with E-state index in [1.807, 2.05) is 29.2 Å². The number of hydrogen-bond donors (Lipinski definition) is 1. The Morgan fingerprint density at radius 1 is 1.37 bits per heavy atom. The first-order valence-corrected chi connectivity index (χ1v) is 7.09. The molecular weight excluding hydrogens is 262 g/mol. The summed E-state index contributed by atoms with van der Waals surface area (Å²) in [4.78, 5) is 13.0. The number of benzene rings is 1. The maximum Gasteiger partial charge on any atom is 0.323 e. The average Bonchev–Trinajstić information content (AvgIpc) is 2.25. The standard InChI is InChI=1S/C15H20ClNO2/c1-10(2)11-7-14(8-11)17(9-15(18)19)13-5-3-12(16)4-6-13/h3-6,10-11,14H,7-9H2,1-2H3,(H,18,19). The number of anilines is 1. The Labute approximate surface area is 119 Å². The molecule has 1 N–H and O–H groups in total. The third-order valence-electron chi connectivity index (χ3n) is 4.00. The second-order valence-electron chi connectivity index (χ2n) is 5.63. The van der Waals surface area contributed by atoms with E-state index in [1.165, 1.54) is 0 Å². The fourth-order valence-corrected chi connectivity index (χ4v) is 2.76. The van der Waals surface area contributed by atoms with Crippen molar-refractivity contribution in [2.24, 2.45) is 11.8 Å². The van der Waals surface area contributed by atoms with Crippen LogP contribution in [0.15, 0.2) is 24.3 Å². The van der Waals surface area contributed by atoms with E-state index < -0.39 is 5.97 Å². The highest BCUT2D eigenvalue weighted by Gasteiger charge is 2.36.